The number of aliphatic imine (C=N–C) groups is 1. The molecule has 6 heteroatoms. The smallest absolute Gasteiger partial charge is 0.188 e. The molecule has 1 heterocycles. The van der Waals surface area contributed by atoms with Crippen molar-refractivity contribution in [1.82, 2.24) is 10.3 Å². The molecule has 4 nitrogen and oxygen atoms in total. The van der Waals surface area contributed by atoms with E-state index >= 15 is 0 Å². The summed E-state index contributed by atoms with van der Waals surface area (Å²) in [4.78, 5) is 8.42. The molecule has 0 amide bonds. The lowest BCUT2D eigenvalue weighted by molar-refractivity contribution is 0.852. The Morgan fingerprint density at radius 1 is 1.30 bits per heavy atom. The first-order valence-corrected chi connectivity index (χ1v) is 7.09. The van der Waals surface area contributed by atoms with Crippen LogP contribution < -0.4 is 11.1 Å². The van der Waals surface area contributed by atoms with Crippen LogP contribution in [0.15, 0.2) is 40.7 Å². The fraction of sp³-hybridized carbons (Fsp3) is 0.286. The Morgan fingerprint density at radius 3 is 2.75 bits per heavy atom. The molecule has 2 aromatic rings. The van der Waals surface area contributed by atoms with E-state index in [2.05, 4.69) is 44.9 Å². The van der Waals surface area contributed by atoms with Crippen LogP contribution in [-0.2, 0) is 19.4 Å². The van der Waals surface area contributed by atoms with Crippen molar-refractivity contribution < 1.29 is 0 Å². The van der Waals surface area contributed by atoms with Crippen molar-refractivity contribution in [3.63, 3.8) is 0 Å². The van der Waals surface area contributed by atoms with Gasteiger partial charge in [0, 0.05) is 18.8 Å². The second-order valence-electron chi connectivity index (χ2n) is 4.18. The highest BCUT2D eigenvalue weighted by molar-refractivity contribution is 14.0. The fourth-order valence-corrected chi connectivity index (χ4v) is 2.50. The third-order valence-corrected chi connectivity index (χ3v) is 3.72. The van der Waals surface area contributed by atoms with Crippen molar-refractivity contribution in [3.8, 4) is 0 Å². The van der Waals surface area contributed by atoms with Gasteiger partial charge in [-0.1, -0.05) is 30.3 Å². The van der Waals surface area contributed by atoms with Crippen LogP contribution in [-0.4, -0.2) is 18.0 Å². The van der Waals surface area contributed by atoms with Crippen LogP contribution in [0.5, 0.6) is 0 Å². The molecule has 0 fully saturated rings. The van der Waals surface area contributed by atoms with Gasteiger partial charge in [-0.2, -0.15) is 0 Å². The lowest BCUT2D eigenvalue weighted by Gasteiger charge is -2.01. The predicted octanol–water partition coefficient (Wildman–Crippen LogP) is 2.58. The molecule has 0 unspecified atom stereocenters. The number of hydrogen-bond acceptors (Lipinski definition) is 3. The molecule has 3 N–H and O–H groups in total. The van der Waals surface area contributed by atoms with Crippen LogP contribution in [0.3, 0.4) is 0 Å². The van der Waals surface area contributed by atoms with Gasteiger partial charge in [0.25, 0.3) is 0 Å². The van der Waals surface area contributed by atoms with Gasteiger partial charge in [-0.05, 0) is 12.0 Å². The number of nitrogens with one attached hydrogen (secondary N) is 1. The normalized spacial score (nSPS) is 10.9. The van der Waals surface area contributed by atoms with Crippen molar-refractivity contribution in [3.05, 3.63) is 52.0 Å². The van der Waals surface area contributed by atoms with E-state index in [0.717, 1.165) is 23.5 Å². The topological polar surface area (TPSA) is 63.3 Å². The molecule has 2 rings (SSSR count). The van der Waals surface area contributed by atoms with Crippen LogP contribution in [0.2, 0.25) is 0 Å². The van der Waals surface area contributed by atoms with E-state index in [1.807, 2.05) is 6.07 Å². The Morgan fingerprint density at radius 2 is 2.05 bits per heavy atom. The summed E-state index contributed by atoms with van der Waals surface area (Å²) in [6.07, 6.45) is 2.01. The number of aromatic nitrogens is 1. The Kier molecular flexibility index (Phi) is 7.53. The van der Waals surface area contributed by atoms with E-state index in [4.69, 9.17) is 5.73 Å². The summed E-state index contributed by atoms with van der Waals surface area (Å²) in [5.74, 6) is 0.443. The van der Waals surface area contributed by atoms with Crippen LogP contribution >= 0.6 is 35.3 Å². The van der Waals surface area contributed by atoms with Gasteiger partial charge in [0.1, 0.15) is 0 Å². The van der Waals surface area contributed by atoms with Gasteiger partial charge >= 0.3 is 0 Å². The van der Waals surface area contributed by atoms with E-state index in [1.54, 1.807) is 18.4 Å². The van der Waals surface area contributed by atoms with Crippen molar-refractivity contribution in [1.29, 1.82) is 0 Å². The molecule has 0 radical (unpaired) electrons. The largest absolute Gasteiger partial charge is 0.370 e. The number of halogens is 1. The molecule has 0 saturated carbocycles. The Bertz CT molecular complexity index is 539. The lowest BCUT2D eigenvalue weighted by atomic mass is 10.1. The standard InChI is InChI=1S/C14H18N4S.HI/c1-16-14(15)17-9-12-10-19-13(18-12)8-7-11-5-3-2-4-6-11;/h2-6,10H,7-9H2,1H3,(H3,15,16,17);1H. The first kappa shape index (κ1) is 16.9. The Labute approximate surface area is 140 Å². The molecule has 108 valence electrons. The number of thiazole rings is 1. The van der Waals surface area contributed by atoms with E-state index in [0.29, 0.717) is 12.5 Å². The highest BCUT2D eigenvalue weighted by atomic mass is 127. The molecule has 20 heavy (non-hydrogen) atoms. The highest BCUT2D eigenvalue weighted by Gasteiger charge is 2.03. The molecule has 1 aromatic carbocycles. The predicted molar refractivity (Wildman–Crippen MR) is 95.8 cm³/mol. The zero-order valence-electron chi connectivity index (χ0n) is 11.4. The molecule has 1 aromatic heterocycles. The van der Waals surface area contributed by atoms with Crippen molar-refractivity contribution in [2.45, 2.75) is 19.4 Å². The van der Waals surface area contributed by atoms with Gasteiger partial charge in [0.05, 0.1) is 17.2 Å². The third kappa shape index (κ3) is 5.46. The third-order valence-electron chi connectivity index (χ3n) is 2.76. The molecular weight excluding hydrogens is 383 g/mol. The molecule has 0 aliphatic carbocycles. The summed E-state index contributed by atoms with van der Waals surface area (Å²) in [7, 11) is 1.66. The molecule has 0 bridgehead atoms. The Hall–Kier alpha value is -1.15. The molecule has 0 aliphatic heterocycles. The van der Waals surface area contributed by atoms with Gasteiger partial charge in [0.2, 0.25) is 0 Å². The number of nitrogens with zero attached hydrogens (tertiary/aromatic N) is 2. The maximum absolute atomic E-state index is 5.58. The number of aryl methyl sites for hydroxylation is 2. The van der Waals surface area contributed by atoms with Crippen molar-refractivity contribution >= 4 is 41.3 Å². The summed E-state index contributed by atoms with van der Waals surface area (Å²) >= 11 is 1.70. The fourth-order valence-electron chi connectivity index (χ4n) is 1.70. The minimum absolute atomic E-state index is 0. The second kappa shape index (κ2) is 8.91. The number of benzene rings is 1. The van der Waals surface area contributed by atoms with E-state index < -0.39 is 0 Å². The van der Waals surface area contributed by atoms with Crippen LogP contribution in [0, 0.1) is 0 Å². The van der Waals surface area contributed by atoms with Gasteiger partial charge in [-0.3, -0.25) is 4.99 Å². The molecular formula is C14H19IN4S. The molecule has 0 atom stereocenters. The van der Waals surface area contributed by atoms with Gasteiger partial charge in [0.15, 0.2) is 5.96 Å². The monoisotopic (exact) mass is 402 g/mol. The van der Waals surface area contributed by atoms with Crippen LogP contribution in [0.1, 0.15) is 16.3 Å². The first-order chi connectivity index (χ1) is 9.28. The zero-order chi connectivity index (χ0) is 13.5. The van der Waals surface area contributed by atoms with E-state index in [-0.39, 0.29) is 24.0 Å². The summed E-state index contributed by atoms with van der Waals surface area (Å²) in [5, 5.41) is 6.23. The van der Waals surface area contributed by atoms with Crippen LogP contribution in [0.4, 0.5) is 0 Å². The number of guanidine groups is 1. The van der Waals surface area contributed by atoms with Crippen molar-refractivity contribution in [2.75, 3.05) is 7.05 Å². The van der Waals surface area contributed by atoms with E-state index in [9.17, 15) is 0 Å². The Balaban J connectivity index is 0.00000200. The molecule has 0 aliphatic rings. The number of nitrogens with two attached hydrogens (primary N) is 1. The van der Waals surface area contributed by atoms with Gasteiger partial charge in [-0.25, -0.2) is 4.98 Å². The van der Waals surface area contributed by atoms with E-state index in [1.165, 1.54) is 5.56 Å². The first-order valence-electron chi connectivity index (χ1n) is 6.21. The number of hydrogen-bond donors (Lipinski definition) is 2. The maximum atomic E-state index is 5.58. The SMILES string of the molecule is CN=C(N)NCc1csc(CCc2ccccc2)n1.I. The molecule has 0 saturated heterocycles. The van der Waals surface area contributed by atoms with Gasteiger partial charge < -0.3 is 11.1 Å². The average Bonchev–Trinajstić information content (AvgIpc) is 2.91. The minimum atomic E-state index is 0. The van der Waals surface area contributed by atoms with Crippen molar-refractivity contribution in [2.24, 2.45) is 10.7 Å². The quantitative estimate of drug-likeness (QED) is 0.459. The summed E-state index contributed by atoms with van der Waals surface area (Å²) in [6, 6.07) is 10.5. The minimum Gasteiger partial charge on any atom is -0.370 e. The van der Waals surface area contributed by atoms with Crippen LogP contribution in [0.25, 0.3) is 0 Å². The summed E-state index contributed by atoms with van der Waals surface area (Å²) in [5.41, 5.74) is 7.94. The zero-order valence-corrected chi connectivity index (χ0v) is 14.5. The maximum Gasteiger partial charge on any atom is 0.188 e. The van der Waals surface area contributed by atoms with Gasteiger partial charge in [-0.15, -0.1) is 35.3 Å². The molecule has 0 spiro atoms. The second-order valence-corrected chi connectivity index (χ2v) is 5.12. The highest BCUT2D eigenvalue weighted by Crippen LogP contribution is 2.13. The lowest BCUT2D eigenvalue weighted by Crippen LogP contribution is -2.30. The average molecular weight is 402 g/mol. The summed E-state index contributed by atoms with van der Waals surface area (Å²) in [6.45, 7) is 0.630. The number of rotatable bonds is 5. The summed E-state index contributed by atoms with van der Waals surface area (Å²) < 4.78 is 0.